The molecule has 1 aliphatic rings. The van der Waals surface area contributed by atoms with Crippen molar-refractivity contribution in [3.8, 4) is 10.7 Å². The molecule has 1 fully saturated rings. The normalized spacial score (nSPS) is 13.4. The molecule has 30 heavy (non-hydrogen) atoms. The lowest BCUT2D eigenvalue weighted by atomic mass is 10.2. The third kappa shape index (κ3) is 4.71. The van der Waals surface area contributed by atoms with Gasteiger partial charge in [0.05, 0.1) is 10.6 Å². The molecule has 0 bridgehead atoms. The molecule has 1 aromatic carbocycles. The molecule has 0 atom stereocenters. The highest BCUT2D eigenvalue weighted by atomic mass is 32.2. The molecule has 2 amide bonds. The maximum Gasteiger partial charge on any atom is 0.237 e. The van der Waals surface area contributed by atoms with Crippen molar-refractivity contribution in [2.45, 2.75) is 30.5 Å². The summed E-state index contributed by atoms with van der Waals surface area (Å²) in [6, 6.07) is 9.93. The van der Waals surface area contributed by atoms with Crippen LogP contribution in [-0.4, -0.2) is 38.9 Å². The van der Waals surface area contributed by atoms with Crippen molar-refractivity contribution < 1.29 is 14.0 Å². The zero-order valence-corrected chi connectivity index (χ0v) is 17.7. The average molecular weight is 446 g/mol. The van der Waals surface area contributed by atoms with Crippen LogP contribution in [0.2, 0.25) is 0 Å². The van der Waals surface area contributed by atoms with E-state index in [4.69, 9.17) is 5.73 Å². The van der Waals surface area contributed by atoms with E-state index in [2.05, 4.69) is 14.8 Å². The number of carbonyl (C=O) groups excluding carboxylic acids is 2. The predicted octanol–water partition coefficient (Wildman–Crippen LogP) is 3.48. The van der Waals surface area contributed by atoms with Gasteiger partial charge in [-0.1, -0.05) is 17.8 Å². The zero-order chi connectivity index (χ0) is 21.1. The van der Waals surface area contributed by atoms with Gasteiger partial charge in [0.15, 0.2) is 11.0 Å². The second-order valence-corrected chi connectivity index (χ2v) is 8.80. The summed E-state index contributed by atoms with van der Waals surface area (Å²) in [4.78, 5) is 26.7. The summed E-state index contributed by atoms with van der Waals surface area (Å²) in [5.41, 5.74) is 5.77. The number of nitrogens with two attached hydrogens (primary N) is 1. The molecule has 0 spiro atoms. The fraction of sp³-hybridized carbons (Fsp3) is 0.300. The summed E-state index contributed by atoms with van der Waals surface area (Å²) in [5.74, 6) is -0.168. The van der Waals surface area contributed by atoms with Crippen LogP contribution in [0.25, 0.3) is 10.7 Å². The quantitative estimate of drug-likeness (QED) is 0.509. The number of carbonyl (C=O) groups is 2. The Bertz CT molecular complexity index is 1030. The van der Waals surface area contributed by atoms with Gasteiger partial charge in [0.25, 0.3) is 0 Å². The number of thioether (sulfide) groups is 1. The topological polar surface area (TPSA) is 94.1 Å². The lowest BCUT2D eigenvalue weighted by molar-refractivity contribution is -0.118. The summed E-state index contributed by atoms with van der Waals surface area (Å²) in [7, 11) is 0. The Kier molecular flexibility index (Phi) is 6.14. The molecular weight excluding hydrogens is 425 g/mol. The lowest BCUT2D eigenvalue weighted by Gasteiger charge is -2.22. The first kappa shape index (κ1) is 20.5. The number of hydrogen-bond donors (Lipinski definition) is 1. The first-order chi connectivity index (χ1) is 14.5. The van der Waals surface area contributed by atoms with Gasteiger partial charge < -0.3 is 10.6 Å². The minimum absolute atomic E-state index is 0.0224. The van der Waals surface area contributed by atoms with Crippen LogP contribution < -0.4 is 10.6 Å². The number of halogens is 1. The van der Waals surface area contributed by atoms with Crippen LogP contribution in [-0.2, 0) is 9.59 Å². The van der Waals surface area contributed by atoms with E-state index < -0.39 is 11.7 Å². The van der Waals surface area contributed by atoms with Crippen molar-refractivity contribution >= 4 is 40.6 Å². The van der Waals surface area contributed by atoms with Crippen molar-refractivity contribution in [3.63, 3.8) is 0 Å². The summed E-state index contributed by atoms with van der Waals surface area (Å²) in [5, 5.41) is 11.4. The first-order valence-electron chi connectivity index (χ1n) is 9.48. The number of aromatic nitrogens is 3. The Morgan fingerprint density at radius 2 is 2.00 bits per heavy atom. The van der Waals surface area contributed by atoms with Gasteiger partial charge in [-0.2, -0.15) is 0 Å². The third-order valence-corrected chi connectivity index (χ3v) is 6.46. The molecule has 0 unspecified atom stereocenters. The van der Waals surface area contributed by atoms with E-state index in [-0.39, 0.29) is 24.6 Å². The summed E-state index contributed by atoms with van der Waals surface area (Å²) in [6.45, 7) is 0.135. The molecule has 2 heterocycles. The van der Waals surface area contributed by atoms with Crippen molar-refractivity contribution in [1.29, 1.82) is 0 Å². The molecule has 0 saturated heterocycles. The molecule has 1 saturated carbocycles. The highest BCUT2D eigenvalue weighted by Crippen LogP contribution is 2.41. The van der Waals surface area contributed by atoms with Gasteiger partial charge >= 0.3 is 0 Å². The molecular formula is C20H20FN5O2S2. The van der Waals surface area contributed by atoms with Gasteiger partial charge in [-0.15, -0.1) is 21.5 Å². The van der Waals surface area contributed by atoms with Crippen LogP contribution in [0.3, 0.4) is 0 Å². The van der Waals surface area contributed by atoms with Crippen LogP contribution in [0.4, 0.5) is 10.1 Å². The Balaban J connectivity index is 1.50. The van der Waals surface area contributed by atoms with Crippen LogP contribution in [0.5, 0.6) is 0 Å². The van der Waals surface area contributed by atoms with Gasteiger partial charge in [0.2, 0.25) is 11.8 Å². The molecule has 4 rings (SSSR count). The minimum Gasteiger partial charge on any atom is -0.370 e. The van der Waals surface area contributed by atoms with E-state index in [1.807, 2.05) is 17.5 Å². The van der Waals surface area contributed by atoms with Gasteiger partial charge in [-0.05, 0) is 48.6 Å². The monoisotopic (exact) mass is 445 g/mol. The second kappa shape index (κ2) is 8.97. The molecule has 3 aromatic rings. The standard InChI is InChI=1S/C20H20FN5O2S2/c21-13-3-5-14(6-4-13)25(10-9-17(22)27)18(28)12-30-20-24-23-19(16-2-1-11-29-16)26(20)15-7-8-15/h1-6,11,15H,7-10,12H2,(H2,22,27). The van der Waals surface area contributed by atoms with E-state index in [1.165, 1.54) is 40.9 Å². The molecule has 0 aliphatic heterocycles. The van der Waals surface area contributed by atoms with E-state index in [1.54, 1.807) is 11.3 Å². The highest BCUT2D eigenvalue weighted by Gasteiger charge is 2.31. The number of benzene rings is 1. The second-order valence-electron chi connectivity index (χ2n) is 6.91. The van der Waals surface area contributed by atoms with Crippen LogP contribution in [0, 0.1) is 5.82 Å². The number of thiophene rings is 1. The van der Waals surface area contributed by atoms with Crippen LogP contribution >= 0.6 is 23.1 Å². The maximum absolute atomic E-state index is 13.3. The largest absolute Gasteiger partial charge is 0.370 e. The Labute approximate surface area is 181 Å². The molecule has 7 nitrogen and oxygen atoms in total. The minimum atomic E-state index is -0.503. The molecule has 10 heteroatoms. The number of rotatable bonds is 9. The van der Waals surface area contributed by atoms with E-state index in [0.717, 1.165) is 23.5 Å². The number of nitrogens with zero attached hydrogens (tertiary/aromatic N) is 4. The number of primary amides is 1. The number of hydrogen-bond acceptors (Lipinski definition) is 6. The SMILES string of the molecule is NC(=O)CCN(C(=O)CSc1nnc(-c2cccs2)n1C1CC1)c1ccc(F)cc1. The van der Waals surface area contributed by atoms with Gasteiger partial charge in [0.1, 0.15) is 5.82 Å². The molecule has 0 radical (unpaired) electrons. The Hall–Kier alpha value is -2.72. The predicted molar refractivity (Wildman–Crippen MR) is 115 cm³/mol. The molecule has 156 valence electrons. The molecule has 1 aliphatic carbocycles. The lowest BCUT2D eigenvalue weighted by Crippen LogP contribution is -2.35. The average Bonchev–Trinajstić information content (AvgIpc) is 3.24. The summed E-state index contributed by atoms with van der Waals surface area (Å²) in [6.07, 6.45) is 2.16. The van der Waals surface area contributed by atoms with Crippen molar-refractivity contribution in [1.82, 2.24) is 14.8 Å². The fourth-order valence-corrected chi connectivity index (χ4v) is 4.64. The Morgan fingerprint density at radius 1 is 1.23 bits per heavy atom. The third-order valence-electron chi connectivity index (χ3n) is 4.66. The van der Waals surface area contributed by atoms with E-state index >= 15 is 0 Å². The van der Waals surface area contributed by atoms with Gasteiger partial charge in [-0.3, -0.25) is 14.2 Å². The van der Waals surface area contributed by atoms with Crippen LogP contribution in [0.1, 0.15) is 25.3 Å². The summed E-state index contributed by atoms with van der Waals surface area (Å²) < 4.78 is 15.4. The van der Waals surface area contributed by atoms with Gasteiger partial charge in [0, 0.05) is 24.7 Å². The van der Waals surface area contributed by atoms with E-state index in [9.17, 15) is 14.0 Å². The van der Waals surface area contributed by atoms with Crippen LogP contribution in [0.15, 0.2) is 46.9 Å². The van der Waals surface area contributed by atoms with Crippen molar-refractivity contribution in [2.24, 2.45) is 5.73 Å². The van der Waals surface area contributed by atoms with Gasteiger partial charge in [-0.25, -0.2) is 4.39 Å². The number of amides is 2. The number of anilines is 1. The zero-order valence-electron chi connectivity index (χ0n) is 16.0. The highest BCUT2D eigenvalue weighted by molar-refractivity contribution is 7.99. The molecule has 2 aromatic heterocycles. The van der Waals surface area contributed by atoms with Crippen molar-refractivity contribution in [2.75, 3.05) is 17.2 Å². The summed E-state index contributed by atoms with van der Waals surface area (Å²) >= 11 is 2.92. The fourth-order valence-electron chi connectivity index (χ4n) is 3.06. The molecule has 2 N–H and O–H groups in total. The van der Waals surface area contributed by atoms with Crippen molar-refractivity contribution in [3.05, 3.63) is 47.6 Å². The maximum atomic E-state index is 13.3. The Morgan fingerprint density at radius 3 is 2.63 bits per heavy atom. The van der Waals surface area contributed by atoms with E-state index in [0.29, 0.717) is 16.9 Å². The first-order valence-corrected chi connectivity index (χ1v) is 11.4. The smallest absolute Gasteiger partial charge is 0.237 e.